The fraction of sp³-hybridized carbons (Fsp3) is 0.0556. The van der Waals surface area contributed by atoms with E-state index >= 15 is 0 Å². The van der Waals surface area contributed by atoms with E-state index in [1.54, 1.807) is 30.3 Å². The van der Waals surface area contributed by atoms with Crippen molar-refractivity contribution in [3.05, 3.63) is 76.9 Å². The van der Waals surface area contributed by atoms with Gasteiger partial charge in [0, 0.05) is 16.7 Å². The van der Waals surface area contributed by atoms with Crippen molar-refractivity contribution in [1.29, 1.82) is 0 Å². The largest absolute Gasteiger partial charge is 0.452 e. The van der Waals surface area contributed by atoms with E-state index in [-0.39, 0.29) is 18.3 Å². The first-order chi connectivity index (χ1) is 12.1. The molecule has 0 radical (unpaired) electrons. The summed E-state index contributed by atoms with van der Waals surface area (Å²) in [7, 11) is 0. The van der Waals surface area contributed by atoms with Crippen LogP contribution in [-0.4, -0.2) is 16.1 Å². The third-order valence-corrected chi connectivity index (χ3v) is 3.44. The molecule has 25 heavy (non-hydrogen) atoms. The average molecular weight is 359 g/mol. The molecule has 3 rings (SSSR count). The summed E-state index contributed by atoms with van der Waals surface area (Å²) in [5.74, 6) is -0.458. The first-order valence-electron chi connectivity index (χ1n) is 7.29. The van der Waals surface area contributed by atoms with E-state index in [9.17, 15) is 9.18 Å². The standard InChI is InChI=1S/C18H12ClFN2O3/c19-14-6-1-12(2-7-14)3-10-17(23)24-11-16-21-18(22-25-16)13-4-8-15(20)9-5-13/h1-10H,11H2/b10-3+. The monoisotopic (exact) mass is 358 g/mol. The van der Waals surface area contributed by atoms with E-state index in [1.165, 1.54) is 30.3 Å². The number of esters is 1. The Morgan fingerprint density at radius 1 is 1.16 bits per heavy atom. The minimum Gasteiger partial charge on any atom is -0.452 e. The molecule has 2 aromatic carbocycles. The van der Waals surface area contributed by atoms with Gasteiger partial charge in [-0.2, -0.15) is 4.98 Å². The molecule has 0 spiro atoms. The Labute approximate surface area is 147 Å². The van der Waals surface area contributed by atoms with E-state index < -0.39 is 5.97 Å². The maximum atomic E-state index is 12.9. The molecule has 0 aliphatic carbocycles. The van der Waals surface area contributed by atoms with Gasteiger partial charge in [0.05, 0.1) is 0 Å². The molecule has 0 saturated carbocycles. The van der Waals surface area contributed by atoms with Crippen LogP contribution in [0.4, 0.5) is 4.39 Å². The molecular formula is C18H12ClFN2O3. The molecular weight excluding hydrogens is 347 g/mol. The summed E-state index contributed by atoms with van der Waals surface area (Å²) in [6.07, 6.45) is 2.90. The van der Waals surface area contributed by atoms with Crippen LogP contribution in [0, 0.1) is 5.82 Å². The van der Waals surface area contributed by atoms with Crippen molar-refractivity contribution in [2.24, 2.45) is 0 Å². The van der Waals surface area contributed by atoms with Crippen LogP contribution >= 0.6 is 11.6 Å². The van der Waals surface area contributed by atoms with E-state index in [0.29, 0.717) is 16.4 Å². The fourth-order valence-corrected chi connectivity index (χ4v) is 2.07. The van der Waals surface area contributed by atoms with E-state index in [1.807, 2.05) is 0 Å². The number of hydrogen-bond acceptors (Lipinski definition) is 5. The summed E-state index contributed by atoms with van der Waals surface area (Å²) in [5, 5.41) is 4.38. The molecule has 1 heterocycles. The van der Waals surface area contributed by atoms with Gasteiger partial charge in [0.2, 0.25) is 5.82 Å². The van der Waals surface area contributed by atoms with Crippen molar-refractivity contribution in [1.82, 2.24) is 10.1 Å². The van der Waals surface area contributed by atoms with Gasteiger partial charge in [-0.15, -0.1) is 0 Å². The number of nitrogens with zero attached hydrogens (tertiary/aromatic N) is 2. The molecule has 0 aliphatic heterocycles. The molecule has 0 N–H and O–H groups in total. The van der Waals surface area contributed by atoms with E-state index in [0.717, 1.165) is 5.56 Å². The molecule has 0 bridgehead atoms. The molecule has 0 aliphatic rings. The minimum absolute atomic E-state index is 0.146. The summed E-state index contributed by atoms with van der Waals surface area (Å²) in [4.78, 5) is 15.8. The molecule has 5 nitrogen and oxygen atoms in total. The quantitative estimate of drug-likeness (QED) is 0.503. The first-order valence-corrected chi connectivity index (χ1v) is 7.67. The van der Waals surface area contributed by atoms with Crippen LogP contribution in [-0.2, 0) is 16.1 Å². The number of aromatic nitrogens is 2. The highest BCUT2D eigenvalue weighted by Gasteiger charge is 2.10. The Hall–Kier alpha value is -2.99. The lowest BCUT2D eigenvalue weighted by Gasteiger charge is -1.97. The number of carbonyl (C=O) groups excluding carboxylic acids is 1. The summed E-state index contributed by atoms with van der Waals surface area (Å²) < 4.78 is 22.9. The maximum absolute atomic E-state index is 12.9. The van der Waals surface area contributed by atoms with Crippen LogP contribution in [0.3, 0.4) is 0 Å². The predicted molar refractivity (Wildman–Crippen MR) is 90.0 cm³/mol. The maximum Gasteiger partial charge on any atom is 0.331 e. The number of halogens is 2. The molecule has 0 atom stereocenters. The average Bonchev–Trinajstić information content (AvgIpc) is 3.09. The normalized spacial score (nSPS) is 11.0. The Balaban J connectivity index is 1.55. The van der Waals surface area contributed by atoms with Gasteiger partial charge in [-0.1, -0.05) is 28.9 Å². The number of ether oxygens (including phenoxy) is 1. The van der Waals surface area contributed by atoms with Gasteiger partial charge < -0.3 is 9.26 Å². The lowest BCUT2D eigenvalue weighted by atomic mass is 10.2. The lowest BCUT2D eigenvalue weighted by Crippen LogP contribution is -2.00. The Bertz CT molecular complexity index is 889. The highest BCUT2D eigenvalue weighted by Crippen LogP contribution is 2.16. The van der Waals surface area contributed by atoms with Crippen LogP contribution in [0.1, 0.15) is 11.5 Å². The third kappa shape index (κ3) is 4.74. The number of carbonyl (C=O) groups is 1. The Morgan fingerprint density at radius 3 is 2.60 bits per heavy atom. The molecule has 1 aromatic heterocycles. The zero-order chi connectivity index (χ0) is 17.6. The van der Waals surface area contributed by atoms with Crippen LogP contribution in [0.25, 0.3) is 17.5 Å². The van der Waals surface area contributed by atoms with E-state index in [4.69, 9.17) is 20.9 Å². The van der Waals surface area contributed by atoms with Crippen LogP contribution < -0.4 is 0 Å². The Morgan fingerprint density at radius 2 is 1.88 bits per heavy atom. The van der Waals surface area contributed by atoms with Crippen LogP contribution in [0.5, 0.6) is 0 Å². The van der Waals surface area contributed by atoms with Gasteiger partial charge in [0.15, 0.2) is 6.61 Å². The summed E-state index contributed by atoms with van der Waals surface area (Å²) in [6.45, 7) is -0.155. The highest BCUT2D eigenvalue weighted by atomic mass is 35.5. The fourth-order valence-electron chi connectivity index (χ4n) is 1.95. The van der Waals surface area contributed by atoms with Gasteiger partial charge in [0.25, 0.3) is 5.89 Å². The molecule has 7 heteroatoms. The molecule has 0 fully saturated rings. The van der Waals surface area contributed by atoms with Gasteiger partial charge in [0.1, 0.15) is 5.82 Å². The SMILES string of the molecule is O=C(/C=C/c1ccc(Cl)cc1)OCc1nc(-c2ccc(F)cc2)no1. The van der Waals surface area contributed by atoms with Crippen molar-refractivity contribution >= 4 is 23.6 Å². The van der Waals surface area contributed by atoms with E-state index in [2.05, 4.69) is 10.1 Å². The smallest absolute Gasteiger partial charge is 0.331 e. The first kappa shape index (κ1) is 16.9. The third-order valence-electron chi connectivity index (χ3n) is 3.19. The van der Waals surface area contributed by atoms with Crippen molar-refractivity contribution in [3.63, 3.8) is 0 Å². The summed E-state index contributed by atoms with van der Waals surface area (Å²) in [5.41, 5.74) is 1.42. The molecule has 0 amide bonds. The number of hydrogen-bond donors (Lipinski definition) is 0. The lowest BCUT2D eigenvalue weighted by molar-refractivity contribution is -0.139. The van der Waals surface area contributed by atoms with Gasteiger partial charge in [-0.05, 0) is 48.0 Å². The second-order valence-corrected chi connectivity index (χ2v) is 5.45. The number of benzene rings is 2. The zero-order valence-electron chi connectivity index (χ0n) is 12.9. The van der Waals surface area contributed by atoms with Crippen molar-refractivity contribution < 1.29 is 18.4 Å². The van der Waals surface area contributed by atoms with Crippen LogP contribution in [0.2, 0.25) is 5.02 Å². The summed E-state index contributed by atoms with van der Waals surface area (Å²) >= 11 is 5.79. The van der Waals surface area contributed by atoms with Gasteiger partial charge >= 0.3 is 5.97 Å². The topological polar surface area (TPSA) is 65.2 Å². The van der Waals surface area contributed by atoms with Gasteiger partial charge in [-0.3, -0.25) is 0 Å². The number of rotatable bonds is 5. The zero-order valence-corrected chi connectivity index (χ0v) is 13.6. The molecule has 126 valence electrons. The predicted octanol–water partition coefficient (Wildman–Crippen LogP) is 4.29. The minimum atomic E-state index is -0.545. The van der Waals surface area contributed by atoms with Gasteiger partial charge in [-0.25, -0.2) is 9.18 Å². The molecule has 0 saturated heterocycles. The highest BCUT2D eigenvalue weighted by molar-refractivity contribution is 6.30. The van der Waals surface area contributed by atoms with Crippen molar-refractivity contribution in [2.45, 2.75) is 6.61 Å². The second kappa shape index (κ2) is 7.72. The van der Waals surface area contributed by atoms with Crippen molar-refractivity contribution in [2.75, 3.05) is 0 Å². The second-order valence-electron chi connectivity index (χ2n) is 5.01. The molecule has 0 unspecified atom stereocenters. The Kier molecular flexibility index (Phi) is 5.20. The molecule has 3 aromatic rings. The summed E-state index contributed by atoms with van der Waals surface area (Å²) in [6, 6.07) is 12.7. The van der Waals surface area contributed by atoms with Crippen molar-refractivity contribution in [3.8, 4) is 11.4 Å². The van der Waals surface area contributed by atoms with Crippen LogP contribution in [0.15, 0.2) is 59.1 Å².